The molecule has 3 aromatic carbocycles. The van der Waals surface area contributed by atoms with E-state index in [0.717, 1.165) is 4.79 Å². The molecule has 0 aliphatic heterocycles. The van der Waals surface area contributed by atoms with Crippen LogP contribution in [0.3, 0.4) is 0 Å². The summed E-state index contributed by atoms with van der Waals surface area (Å²) in [4.78, 5) is 16.4. The molecule has 1 N–H and O–H groups in total. The maximum atomic E-state index is 13.0. The highest BCUT2D eigenvalue weighted by atomic mass is 35.5. The molecule has 0 aliphatic rings. The lowest BCUT2D eigenvalue weighted by atomic mass is 9.99. The first-order chi connectivity index (χ1) is 15.3. The minimum Gasteiger partial charge on any atom is -0.294 e. The van der Waals surface area contributed by atoms with Gasteiger partial charge in [0.1, 0.15) is 11.4 Å². The second-order valence-electron chi connectivity index (χ2n) is 6.96. The largest absolute Gasteiger partial charge is 0.294 e. The number of nitrogens with zero attached hydrogens (tertiary/aromatic N) is 2. The van der Waals surface area contributed by atoms with Gasteiger partial charge in [-0.25, -0.2) is 0 Å². The van der Waals surface area contributed by atoms with E-state index < -0.39 is 10.0 Å². The molecule has 1 aromatic heterocycles. The number of rotatable bonds is 6. The maximum absolute atomic E-state index is 13.0. The number of ketones is 1. The summed E-state index contributed by atoms with van der Waals surface area (Å²) < 4.78 is 26.0. The van der Waals surface area contributed by atoms with Crippen LogP contribution in [0.4, 0.5) is 0 Å². The van der Waals surface area contributed by atoms with E-state index in [4.69, 9.17) is 23.2 Å². The zero-order valence-corrected chi connectivity index (χ0v) is 19.1. The molecule has 0 spiro atoms. The van der Waals surface area contributed by atoms with Crippen LogP contribution in [0.1, 0.15) is 17.3 Å². The van der Waals surface area contributed by atoms with Gasteiger partial charge in [0.15, 0.2) is 5.78 Å². The molecular weight excluding hydrogens is 469 g/mol. The second kappa shape index (κ2) is 8.78. The molecule has 0 bridgehead atoms. The number of Topliss-reactive ketones (excluding diaryl/α,β-unsaturated/α-hetero) is 1. The topological polar surface area (TPSA) is 81.1 Å². The molecule has 0 amide bonds. The summed E-state index contributed by atoms with van der Waals surface area (Å²) in [5.74, 6) is -0.273. The number of carbonyl (C=O) groups excluding carboxylic acids is 1. The minimum absolute atomic E-state index is 0.0648. The van der Waals surface area contributed by atoms with Crippen molar-refractivity contribution in [2.24, 2.45) is 0 Å². The van der Waals surface area contributed by atoms with Crippen molar-refractivity contribution in [3.05, 3.63) is 94.5 Å². The SMILES string of the molecule is CC(=O)c1c(-c2ccc(Cl)cc2)nn(NS(=O)(=O)c2ccccc2)c1-c1ccc(Cl)cc1. The van der Waals surface area contributed by atoms with Gasteiger partial charge in [-0.3, -0.25) is 4.79 Å². The van der Waals surface area contributed by atoms with Gasteiger partial charge >= 0.3 is 0 Å². The molecule has 1 heterocycles. The van der Waals surface area contributed by atoms with Gasteiger partial charge in [0.05, 0.1) is 10.5 Å². The van der Waals surface area contributed by atoms with Gasteiger partial charge in [0.2, 0.25) is 0 Å². The average molecular weight is 486 g/mol. The van der Waals surface area contributed by atoms with Crippen LogP contribution >= 0.6 is 23.2 Å². The van der Waals surface area contributed by atoms with E-state index in [1.807, 2.05) is 0 Å². The standard InChI is InChI=1S/C23H17Cl2N3O3S/c1-15(29)21-22(16-7-11-18(24)12-8-16)26-28(23(21)17-9-13-19(25)14-10-17)27-32(30,31)20-5-3-2-4-6-20/h2-14,27H,1H3. The number of halogens is 2. The number of nitrogens with one attached hydrogen (secondary N) is 1. The highest BCUT2D eigenvalue weighted by molar-refractivity contribution is 7.92. The summed E-state index contributed by atoms with van der Waals surface area (Å²) in [5, 5.41) is 5.50. The van der Waals surface area contributed by atoms with Crippen LogP contribution in [-0.2, 0) is 10.0 Å². The van der Waals surface area contributed by atoms with Crippen molar-refractivity contribution < 1.29 is 13.2 Å². The molecule has 4 rings (SSSR count). The zero-order chi connectivity index (χ0) is 22.9. The summed E-state index contributed by atoms with van der Waals surface area (Å²) in [6.45, 7) is 1.41. The molecule has 6 nitrogen and oxygen atoms in total. The molecule has 0 saturated heterocycles. The minimum atomic E-state index is -3.98. The molecule has 0 saturated carbocycles. The lowest BCUT2D eigenvalue weighted by Crippen LogP contribution is -2.25. The van der Waals surface area contributed by atoms with Gasteiger partial charge in [-0.05, 0) is 43.3 Å². The van der Waals surface area contributed by atoms with E-state index in [9.17, 15) is 13.2 Å². The number of hydrogen-bond acceptors (Lipinski definition) is 4. The monoisotopic (exact) mass is 485 g/mol. The average Bonchev–Trinajstić information content (AvgIpc) is 3.14. The van der Waals surface area contributed by atoms with E-state index in [2.05, 4.69) is 9.93 Å². The van der Waals surface area contributed by atoms with Crippen LogP contribution in [0, 0.1) is 0 Å². The van der Waals surface area contributed by atoms with E-state index in [-0.39, 0.29) is 16.2 Å². The Bertz CT molecular complexity index is 1380. The quantitative estimate of drug-likeness (QED) is 0.357. The Morgan fingerprint density at radius 1 is 0.844 bits per heavy atom. The molecule has 4 aromatic rings. The van der Waals surface area contributed by atoms with E-state index in [1.54, 1.807) is 66.7 Å². The predicted molar refractivity (Wildman–Crippen MR) is 126 cm³/mol. The van der Waals surface area contributed by atoms with Crippen LogP contribution in [0.5, 0.6) is 0 Å². The summed E-state index contributed by atoms with van der Waals surface area (Å²) in [5.41, 5.74) is 2.09. The first-order valence-corrected chi connectivity index (χ1v) is 11.7. The normalized spacial score (nSPS) is 11.3. The Balaban J connectivity index is 1.95. The maximum Gasteiger partial charge on any atom is 0.276 e. The van der Waals surface area contributed by atoms with Gasteiger partial charge in [-0.2, -0.15) is 23.1 Å². The van der Waals surface area contributed by atoms with E-state index in [0.29, 0.717) is 32.6 Å². The van der Waals surface area contributed by atoms with Crippen molar-refractivity contribution >= 4 is 39.0 Å². The van der Waals surface area contributed by atoms with Crippen LogP contribution < -0.4 is 4.83 Å². The molecule has 162 valence electrons. The fourth-order valence-corrected chi connectivity index (χ4v) is 4.50. The molecule has 0 unspecified atom stereocenters. The molecular formula is C23H17Cl2N3O3S. The van der Waals surface area contributed by atoms with Gasteiger partial charge in [-0.1, -0.05) is 65.7 Å². The third-order valence-corrected chi connectivity index (χ3v) is 6.54. The fourth-order valence-electron chi connectivity index (χ4n) is 3.27. The van der Waals surface area contributed by atoms with Crippen molar-refractivity contribution in [3.63, 3.8) is 0 Å². The molecule has 9 heteroatoms. The summed E-state index contributed by atoms with van der Waals surface area (Å²) >= 11 is 12.0. The number of aromatic nitrogens is 2. The predicted octanol–water partition coefficient (Wildman–Crippen LogP) is 5.66. The first kappa shape index (κ1) is 22.1. The van der Waals surface area contributed by atoms with Crippen LogP contribution in [0.2, 0.25) is 10.0 Å². The Kier molecular flexibility index (Phi) is 6.06. The van der Waals surface area contributed by atoms with Gasteiger partial charge in [-0.15, -0.1) is 0 Å². The van der Waals surface area contributed by atoms with Crippen molar-refractivity contribution in [2.45, 2.75) is 11.8 Å². The molecule has 0 aliphatic carbocycles. The van der Waals surface area contributed by atoms with E-state index in [1.165, 1.54) is 19.1 Å². The third kappa shape index (κ3) is 4.41. The van der Waals surface area contributed by atoms with Crippen molar-refractivity contribution in [2.75, 3.05) is 4.83 Å². The van der Waals surface area contributed by atoms with Crippen LogP contribution in [0.25, 0.3) is 22.5 Å². The van der Waals surface area contributed by atoms with Crippen molar-refractivity contribution in [1.82, 2.24) is 9.89 Å². The smallest absolute Gasteiger partial charge is 0.276 e. The number of hydrogen-bond donors (Lipinski definition) is 1. The first-order valence-electron chi connectivity index (χ1n) is 9.50. The Hall–Kier alpha value is -3.13. The third-order valence-electron chi connectivity index (χ3n) is 4.73. The zero-order valence-electron chi connectivity index (χ0n) is 16.8. The number of carbonyl (C=O) groups is 1. The Morgan fingerprint density at radius 2 is 1.38 bits per heavy atom. The van der Waals surface area contributed by atoms with Gasteiger partial charge in [0.25, 0.3) is 10.0 Å². The van der Waals surface area contributed by atoms with Gasteiger partial charge < -0.3 is 0 Å². The fraction of sp³-hybridized carbons (Fsp3) is 0.0435. The summed E-state index contributed by atoms with van der Waals surface area (Å²) in [7, 11) is -3.98. The molecule has 0 fully saturated rings. The second-order valence-corrected chi connectivity index (χ2v) is 9.50. The Labute approximate surface area is 195 Å². The van der Waals surface area contributed by atoms with Gasteiger partial charge in [0, 0.05) is 21.2 Å². The van der Waals surface area contributed by atoms with Crippen molar-refractivity contribution in [1.29, 1.82) is 0 Å². The van der Waals surface area contributed by atoms with Crippen LogP contribution in [0.15, 0.2) is 83.8 Å². The molecule has 32 heavy (non-hydrogen) atoms. The highest BCUT2D eigenvalue weighted by Gasteiger charge is 2.26. The highest BCUT2D eigenvalue weighted by Crippen LogP contribution is 2.34. The molecule has 0 atom stereocenters. The lowest BCUT2D eigenvalue weighted by Gasteiger charge is -2.12. The molecule has 0 radical (unpaired) electrons. The van der Waals surface area contributed by atoms with Crippen LogP contribution in [-0.4, -0.2) is 24.1 Å². The van der Waals surface area contributed by atoms with E-state index >= 15 is 0 Å². The van der Waals surface area contributed by atoms with Crippen molar-refractivity contribution in [3.8, 4) is 22.5 Å². The Morgan fingerprint density at radius 3 is 1.91 bits per heavy atom. The number of sulfonamides is 1. The summed E-state index contributed by atoms with van der Waals surface area (Å²) in [6, 6.07) is 21.4. The lowest BCUT2D eigenvalue weighted by molar-refractivity contribution is 0.101. The number of benzene rings is 3. The summed E-state index contributed by atoms with van der Waals surface area (Å²) in [6.07, 6.45) is 0.